The summed E-state index contributed by atoms with van der Waals surface area (Å²) < 4.78 is 42.3. The minimum atomic E-state index is -1.56. The van der Waals surface area contributed by atoms with Crippen LogP contribution in [0.2, 0.25) is 0 Å². The molecule has 0 aromatic heterocycles. The molecule has 2 aliphatic heterocycles. The van der Waals surface area contributed by atoms with Crippen LogP contribution in [-0.2, 0) is 16.2 Å². The first-order chi connectivity index (χ1) is 34.0. The summed E-state index contributed by atoms with van der Waals surface area (Å²) in [6.45, 7) is 4.10. The number of aliphatic hydroxyl groups is 2. The molecule has 0 saturated heterocycles. The Bertz CT molecular complexity index is 2620. The highest BCUT2D eigenvalue weighted by Gasteiger charge is 2.65. The van der Waals surface area contributed by atoms with Crippen molar-refractivity contribution in [1.82, 2.24) is 4.90 Å². The standard InChI is InChI=1S/C52H58N4O14/c1-5-24-67-52-47(55(2)50(59)34-14-20-44-46(26-34)66-31-65-44)29-42(54-68-30-32-12-15-35(16-13-32)56(61)62)39-25-33(10-6-8-22-57)38(11-7-9-23-58)48(49(39)52)40-27-37(18-21-43(40)70-52)69-51(60)53-41-19-17-36(63-3)28-45(41)64-4/h5,12-21,25-28,33,38,47-49,57-58H,1,6-11,22-24,29-31H2,2-4H3,(H,53,60). The number of allylic oxidation sites excluding steroid dienone is 1. The number of unbranched alkanes of at least 4 members (excludes halogenated alkanes) is 2. The van der Waals surface area contributed by atoms with Gasteiger partial charge in [-0.2, -0.15) is 0 Å². The number of oxime groups is 1. The fourth-order valence-electron chi connectivity index (χ4n) is 10.2. The molecule has 2 aliphatic carbocycles. The van der Waals surface area contributed by atoms with Gasteiger partial charge in [-0.05, 0) is 109 Å². The molecule has 4 aliphatic rings. The molecule has 1 fully saturated rings. The van der Waals surface area contributed by atoms with Crippen LogP contribution in [0.4, 0.5) is 16.2 Å². The van der Waals surface area contributed by atoms with Crippen LogP contribution in [-0.4, -0.2) is 97.5 Å². The molecule has 8 rings (SSSR count). The number of carbonyl (C=O) groups excluding carboxylic acids is 2. The molecular formula is C52H58N4O14. The van der Waals surface area contributed by atoms with Gasteiger partial charge in [0, 0.05) is 61.9 Å². The zero-order valence-electron chi connectivity index (χ0n) is 39.4. The number of benzene rings is 4. The van der Waals surface area contributed by atoms with Gasteiger partial charge < -0.3 is 53.1 Å². The number of aliphatic hydroxyl groups excluding tert-OH is 2. The van der Waals surface area contributed by atoms with Crippen LogP contribution in [0.5, 0.6) is 34.5 Å². The van der Waals surface area contributed by atoms with Crippen LogP contribution in [0, 0.1) is 27.9 Å². The van der Waals surface area contributed by atoms with Crippen LogP contribution in [0.1, 0.15) is 72.3 Å². The van der Waals surface area contributed by atoms with E-state index in [9.17, 15) is 29.9 Å². The minimum Gasteiger partial charge on any atom is -0.497 e. The van der Waals surface area contributed by atoms with Crippen molar-refractivity contribution in [3.63, 3.8) is 0 Å². The second-order valence-corrected chi connectivity index (χ2v) is 17.5. The maximum Gasteiger partial charge on any atom is 0.417 e. The normalized spacial score (nSPS) is 22.1. The smallest absolute Gasteiger partial charge is 0.417 e. The van der Waals surface area contributed by atoms with E-state index in [0.29, 0.717) is 83.4 Å². The van der Waals surface area contributed by atoms with Crippen LogP contribution in [0.15, 0.2) is 108 Å². The third-order valence-corrected chi connectivity index (χ3v) is 13.5. The van der Waals surface area contributed by atoms with Crippen molar-refractivity contribution < 1.29 is 62.7 Å². The Labute approximate surface area is 405 Å². The van der Waals surface area contributed by atoms with E-state index in [4.69, 9.17) is 43.2 Å². The van der Waals surface area contributed by atoms with Gasteiger partial charge in [-0.25, -0.2) is 4.79 Å². The summed E-state index contributed by atoms with van der Waals surface area (Å²) in [5, 5.41) is 39.0. The molecule has 2 heterocycles. The predicted molar refractivity (Wildman–Crippen MR) is 257 cm³/mol. The Kier molecular flexibility index (Phi) is 15.5. The number of nitro benzene ring substituents is 1. The van der Waals surface area contributed by atoms with Gasteiger partial charge in [-0.3, -0.25) is 20.2 Å². The van der Waals surface area contributed by atoms with Crippen LogP contribution < -0.4 is 33.7 Å². The Balaban J connectivity index is 1.26. The number of methoxy groups -OCH3 is 2. The lowest BCUT2D eigenvalue weighted by molar-refractivity contribution is -0.384. The largest absolute Gasteiger partial charge is 0.497 e. The summed E-state index contributed by atoms with van der Waals surface area (Å²) in [4.78, 5) is 47.1. The fraction of sp³-hybridized carbons (Fsp3) is 0.404. The molecule has 18 nitrogen and oxygen atoms in total. The molecule has 1 saturated carbocycles. The summed E-state index contributed by atoms with van der Waals surface area (Å²) in [5.74, 6) is -0.620. The first-order valence-corrected chi connectivity index (χ1v) is 23.3. The van der Waals surface area contributed by atoms with Crippen molar-refractivity contribution in [1.29, 1.82) is 0 Å². The number of nitrogens with one attached hydrogen (secondary N) is 1. The van der Waals surface area contributed by atoms with Crippen molar-refractivity contribution in [2.24, 2.45) is 22.9 Å². The highest BCUT2D eigenvalue weighted by atomic mass is 16.7. The lowest BCUT2D eigenvalue weighted by Gasteiger charge is -2.59. The van der Waals surface area contributed by atoms with E-state index >= 15 is 0 Å². The highest BCUT2D eigenvalue weighted by molar-refractivity contribution is 6.03. The molecule has 70 heavy (non-hydrogen) atoms. The van der Waals surface area contributed by atoms with Crippen LogP contribution in [0.3, 0.4) is 0 Å². The summed E-state index contributed by atoms with van der Waals surface area (Å²) >= 11 is 0. The predicted octanol–water partition coefficient (Wildman–Crippen LogP) is 8.56. The van der Waals surface area contributed by atoms with Gasteiger partial charge in [0.25, 0.3) is 11.6 Å². The second kappa shape index (κ2) is 22.1. The third kappa shape index (κ3) is 10.2. The van der Waals surface area contributed by atoms with Crippen molar-refractivity contribution in [3.05, 3.63) is 130 Å². The number of nitrogens with zero attached hydrogens (tertiary/aromatic N) is 3. The number of carbonyl (C=O) groups is 2. The lowest BCUT2D eigenvalue weighted by Crippen LogP contribution is -2.69. The van der Waals surface area contributed by atoms with Crippen molar-refractivity contribution >= 4 is 29.1 Å². The molecule has 370 valence electrons. The van der Waals surface area contributed by atoms with Gasteiger partial charge in [0.2, 0.25) is 12.6 Å². The number of rotatable bonds is 21. The number of anilines is 1. The average Bonchev–Trinajstić information content (AvgIpc) is 3.85. The molecule has 18 heteroatoms. The number of likely N-dealkylation sites (N-methyl/N-ethyl adjacent to an activating group) is 1. The quantitative estimate of drug-likeness (QED) is 0.0308. The Morgan fingerprint density at radius 3 is 2.40 bits per heavy atom. The van der Waals surface area contributed by atoms with Gasteiger partial charge in [0.1, 0.15) is 35.6 Å². The van der Waals surface area contributed by atoms with E-state index in [0.717, 1.165) is 17.6 Å². The zero-order chi connectivity index (χ0) is 49.4. The van der Waals surface area contributed by atoms with Crippen LogP contribution >= 0.6 is 0 Å². The number of non-ortho nitro benzene ring substituents is 1. The van der Waals surface area contributed by atoms with Crippen molar-refractivity contribution in [3.8, 4) is 34.5 Å². The Hall–Kier alpha value is -7.15. The first kappa shape index (κ1) is 49.3. The number of hydrogen-bond acceptors (Lipinski definition) is 15. The van der Waals surface area contributed by atoms with Gasteiger partial charge in [-0.15, -0.1) is 6.58 Å². The zero-order valence-corrected chi connectivity index (χ0v) is 39.4. The van der Waals surface area contributed by atoms with Gasteiger partial charge >= 0.3 is 6.09 Å². The summed E-state index contributed by atoms with van der Waals surface area (Å²) in [6.07, 6.45) is 7.13. The molecule has 3 N–H and O–H groups in total. The number of hydrogen-bond donors (Lipinski definition) is 3. The van der Waals surface area contributed by atoms with E-state index in [2.05, 4.69) is 18.0 Å². The van der Waals surface area contributed by atoms with Gasteiger partial charge in [-0.1, -0.05) is 30.1 Å². The molecule has 6 unspecified atom stereocenters. The van der Waals surface area contributed by atoms with E-state index in [1.54, 1.807) is 78.7 Å². The molecular weight excluding hydrogens is 905 g/mol. The molecule has 6 atom stereocenters. The summed E-state index contributed by atoms with van der Waals surface area (Å²) in [6, 6.07) is 20.4. The van der Waals surface area contributed by atoms with E-state index < -0.39 is 34.7 Å². The number of ether oxygens (including phenoxy) is 7. The number of fused-ring (bicyclic) bond motifs is 3. The third-order valence-electron chi connectivity index (χ3n) is 13.5. The Morgan fingerprint density at radius 2 is 1.67 bits per heavy atom. The second-order valence-electron chi connectivity index (χ2n) is 17.5. The van der Waals surface area contributed by atoms with Crippen molar-refractivity contribution in [2.45, 2.75) is 69.3 Å². The Morgan fingerprint density at radius 1 is 0.929 bits per heavy atom. The minimum absolute atomic E-state index is 0.00693. The van der Waals surface area contributed by atoms with Crippen molar-refractivity contribution in [2.75, 3.05) is 53.2 Å². The fourth-order valence-corrected chi connectivity index (χ4v) is 10.2. The monoisotopic (exact) mass is 962 g/mol. The molecule has 0 radical (unpaired) electrons. The summed E-state index contributed by atoms with van der Waals surface area (Å²) in [7, 11) is 4.71. The topological polar surface area (TPSA) is 219 Å². The lowest BCUT2D eigenvalue weighted by atomic mass is 9.55. The SMILES string of the molecule is C=CCOC12Oc3ccc(OC(=O)Nc4ccc(OC)cc4OC)cc3C3C(CCCCO)C(CCCCO)C=C(C(=NOCc4ccc([N+](=O)[O-])cc4)CC1N(C)C(=O)c1ccc4c(c1)OCO4)C32. The summed E-state index contributed by atoms with van der Waals surface area (Å²) in [5.41, 5.74) is 3.36. The van der Waals surface area contributed by atoms with Gasteiger partial charge in [0.05, 0.1) is 43.1 Å². The molecule has 2 amide bonds. The van der Waals surface area contributed by atoms with Crippen LogP contribution in [0.25, 0.3) is 0 Å². The molecule has 0 spiro atoms. The molecule has 4 aromatic rings. The average molecular weight is 963 g/mol. The van der Waals surface area contributed by atoms with E-state index in [-0.39, 0.29) is 68.8 Å². The van der Waals surface area contributed by atoms with E-state index in [1.165, 1.54) is 26.4 Å². The number of amides is 2. The number of nitro groups is 1. The highest BCUT2D eigenvalue weighted by Crippen LogP contribution is 2.62. The maximum absolute atomic E-state index is 14.8. The van der Waals surface area contributed by atoms with E-state index in [1.807, 2.05) is 6.07 Å². The molecule has 0 bridgehead atoms. The van der Waals surface area contributed by atoms with Gasteiger partial charge in [0.15, 0.2) is 11.5 Å². The maximum atomic E-state index is 14.8. The first-order valence-electron chi connectivity index (χ1n) is 23.3. The molecule has 4 aromatic carbocycles.